The second-order valence-corrected chi connectivity index (χ2v) is 7.63. The first-order valence-electron chi connectivity index (χ1n) is 9.14. The molecule has 0 aromatic carbocycles. The Balaban J connectivity index is 1.82. The molecule has 2 saturated heterocycles. The van der Waals surface area contributed by atoms with Gasteiger partial charge in [-0.25, -0.2) is 9.59 Å². The van der Waals surface area contributed by atoms with Gasteiger partial charge < -0.3 is 19.3 Å². The number of carbonyl (C=O) groups excluding carboxylic acids is 3. The Bertz CT molecular complexity index is 807. The van der Waals surface area contributed by atoms with Gasteiger partial charge in [-0.2, -0.15) is 0 Å². The van der Waals surface area contributed by atoms with Crippen LogP contribution in [0.25, 0.3) is 0 Å². The summed E-state index contributed by atoms with van der Waals surface area (Å²) < 4.78 is 16.5. The van der Waals surface area contributed by atoms with E-state index in [1.54, 1.807) is 26.0 Å². The van der Waals surface area contributed by atoms with Crippen LogP contribution >= 0.6 is 0 Å². The van der Waals surface area contributed by atoms with Crippen LogP contribution in [0.15, 0.2) is 35.5 Å². The van der Waals surface area contributed by atoms with E-state index >= 15 is 0 Å². The molecule has 0 radical (unpaired) electrons. The van der Waals surface area contributed by atoms with Crippen LogP contribution in [-0.2, 0) is 28.6 Å². The highest BCUT2D eigenvalue weighted by atomic mass is 16.6. The average molecular weight is 374 g/mol. The van der Waals surface area contributed by atoms with Crippen LogP contribution in [0.5, 0.6) is 0 Å². The molecule has 0 aromatic rings. The van der Waals surface area contributed by atoms with Gasteiger partial charge in [-0.15, -0.1) is 0 Å². The molecule has 7 heteroatoms. The van der Waals surface area contributed by atoms with Crippen molar-refractivity contribution in [1.82, 2.24) is 0 Å². The number of ether oxygens (including phenoxy) is 3. The molecule has 6 atom stereocenters. The lowest BCUT2D eigenvalue weighted by atomic mass is 9.59. The quantitative estimate of drug-likeness (QED) is 0.337. The van der Waals surface area contributed by atoms with Crippen molar-refractivity contribution in [2.24, 2.45) is 11.3 Å². The zero-order valence-corrected chi connectivity index (χ0v) is 15.3. The molecule has 2 aliphatic carbocycles. The maximum Gasteiger partial charge on any atom is 0.334 e. The molecular formula is C20H22O7. The van der Waals surface area contributed by atoms with Crippen molar-refractivity contribution in [2.75, 3.05) is 0 Å². The summed E-state index contributed by atoms with van der Waals surface area (Å²) in [6.07, 6.45) is 1.47. The fourth-order valence-corrected chi connectivity index (χ4v) is 4.62. The summed E-state index contributed by atoms with van der Waals surface area (Å²) in [6.45, 7) is 7.14. The van der Waals surface area contributed by atoms with E-state index in [1.165, 1.54) is 0 Å². The molecule has 27 heavy (non-hydrogen) atoms. The number of aliphatic hydroxyl groups excluding tert-OH is 1. The number of rotatable bonds is 2. The van der Waals surface area contributed by atoms with E-state index in [4.69, 9.17) is 14.2 Å². The molecule has 0 unspecified atom stereocenters. The zero-order valence-electron chi connectivity index (χ0n) is 15.3. The minimum Gasteiger partial charge on any atom is -0.456 e. The molecule has 1 N–H and O–H groups in total. The van der Waals surface area contributed by atoms with E-state index in [9.17, 15) is 19.5 Å². The molecule has 2 bridgehead atoms. The monoisotopic (exact) mass is 374 g/mol. The molecule has 0 aromatic heterocycles. The SMILES string of the molecule is C=C1C(=O)O[C@@H]2/C=C3/CCC[C@]4(C(=O)O[C@H]4[C@@H](OC(=O)/C(C)=C/C)[C@@H]12)[C@@H]3O. The normalized spacial score (nSPS) is 42.3. The van der Waals surface area contributed by atoms with E-state index < -0.39 is 53.7 Å². The van der Waals surface area contributed by atoms with Gasteiger partial charge >= 0.3 is 17.9 Å². The number of fused-ring (bicyclic) bond motifs is 2. The van der Waals surface area contributed by atoms with E-state index in [-0.39, 0.29) is 5.57 Å². The lowest BCUT2D eigenvalue weighted by Gasteiger charge is -2.55. The number of allylic oxidation sites excluding steroid dienone is 1. The van der Waals surface area contributed by atoms with Crippen LogP contribution in [0.3, 0.4) is 0 Å². The number of hydrogen-bond acceptors (Lipinski definition) is 7. The van der Waals surface area contributed by atoms with E-state index in [0.29, 0.717) is 30.4 Å². The minimum absolute atomic E-state index is 0.181. The molecule has 2 aliphatic heterocycles. The van der Waals surface area contributed by atoms with Crippen molar-refractivity contribution < 1.29 is 33.7 Å². The van der Waals surface area contributed by atoms with Crippen LogP contribution in [0.2, 0.25) is 0 Å². The Morgan fingerprint density at radius 1 is 1.41 bits per heavy atom. The van der Waals surface area contributed by atoms with Gasteiger partial charge in [0.1, 0.15) is 11.5 Å². The van der Waals surface area contributed by atoms with E-state index in [1.807, 2.05) is 0 Å². The molecule has 1 saturated carbocycles. The molecule has 144 valence electrons. The van der Waals surface area contributed by atoms with Crippen molar-refractivity contribution in [1.29, 1.82) is 0 Å². The Labute approximate surface area is 156 Å². The number of aliphatic hydroxyl groups is 1. The van der Waals surface area contributed by atoms with Gasteiger partial charge in [0.15, 0.2) is 12.2 Å². The molecule has 7 nitrogen and oxygen atoms in total. The predicted molar refractivity (Wildman–Crippen MR) is 92.1 cm³/mol. The van der Waals surface area contributed by atoms with Gasteiger partial charge in [0.25, 0.3) is 0 Å². The Morgan fingerprint density at radius 3 is 2.81 bits per heavy atom. The largest absolute Gasteiger partial charge is 0.456 e. The summed E-state index contributed by atoms with van der Waals surface area (Å²) in [5.74, 6) is -2.30. The summed E-state index contributed by atoms with van der Waals surface area (Å²) in [6, 6.07) is 0. The van der Waals surface area contributed by atoms with Gasteiger partial charge in [0, 0.05) is 11.1 Å². The second kappa shape index (κ2) is 6.05. The summed E-state index contributed by atoms with van der Waals surface area (Å²) >= 11 is 0. The van der Waals surface area contributed by atoms with Gasteiger partial charge in [-0.05, 0) is 44.8 Å². The molecule has 2 heterocycles. The van der Waals surface area contributed by atoms with E-state index in [2.05, 4.69) is 6.58 Å². The van der Waals surface area contributed by atoms with Crippen LogP contribution in [0, 0.1) is 11.3 Å². The summed E-state index contributed by atoms with van der Waals surface area (Å²) in [5, 5.41) is 10.9. The third-order valence-electron chi connectivity index (χ3n) is 6.31. The lowest BCUT2D eigenvalue weighted by Crippen LogP contribution is -2.70. The van der Waals surface area contributed by atoms with E-state index in [0.717, 1.165) is 0 Å². The predicted octanol–water partition coefficient (Wildman–Crippen LogP) is 1.36. The first-order valence-corrected chi connectivity index (χ1v) is 9.14. The van der Waals surface area contributed by atoms with Crippen molar-refractivity contribution in [3.8, 4) is 0 Å². The molecular weight excluding hydrogens is 352 g/mol. The molecule has 4 aliphatic rings. The highest BCUT2D eigenvalue weighted by Crippen LogP contribution is 2.55. The highest BCUT2D eigenvalue weighted by Gasteiger charge is 2.70. The number of carbonyl (C=O) groups is 3. The van der Waals surface area contributed by atoms with Gasteiger partial charge in [-0.3, -0.25) is 4.79 Å². The van der Waals surface area contributed by atoms with Crippen LogP contribution in [0.4, 0.5) is 0 Å². The first kappa shape index (κ1) is 18.0. The lowest BCUT2D eigenvalue weighted by molar-refractivity contribution is -0.253. The Hall–Kier alpha value is -2.41. The highest BCUT2D eigenvalue weighted by molar-refractivity contribution is 5.93. The van der Waals surface area contributed by atoms with Gasteiger partial charge in [-0.1, -0.05) is 12.7 Å². The maximum atomic E-state index is 12.5. The van der Waals surface area contributed by atoms with Crippen molar-refractivity contribution in [3.05, 3.63) is 35.5 Å². The van der Waals surface area contributed by atoms with Crippen molar-refractivity contribution >= 4 is 17.9 Å². The smallest absolute Gasteiger partial charge is 0.334 e. The van der Waals surface area contributed by atoms with Crippen molar-refractivity contribution in [3.63, 3.8) is 0 Å². The van der Waals surface area contributed by atoms with Crippen LogP contribution < -0.4 is 0 Å². The second-order valence-electron chi connectivity index (χ2n) is 7.63. The molecule has 4 rings (SSSR count). The molecule has 1 spiro atoms. The third kappa shape index (κ3) is 2.34. The number of esters is 3. The van der Waals surface area contributed by atoms with Crippen LogP contribution in [-0.4, -0.2) is 47.4 Å². The fourth-order valence-electron chi connectivity index (χ4n) is 4.62. The van der Waals surface area contributed by atoms with Gasteiger partial charge in [0.05, 0.1) is 12.0 Å². The molecule has 3 fully saturated rings. The average Bonchev–Trinajstić information content (AvgIpc) is 2.92. The summed E-state index contributed by atoms with van der Waals surface area (Å²) in [5.41, 5.74) is 0.0789. The minimum atomic E-state index is -1.16. The Kier molecular flexibility index (Phi) is 4.03. The summed E-state index contributed by atoms with van der Waals surface area (Å²) in [7, 11) is 0. The fraction of sp³-hybridized carbons (Fsp3) is 0.550. The standard InChI is InChI=1S/C20H22O7/c1-4-9(2)17(22)26-14-13-10(3)18(23)25-12(13)8-11-6-5-7-20(15(11)21)16(14)27-19(20)24/h4,8,12-16,21H,3,5-7H2,1-2H3/b9-4+,11-8-/t12-,13+,14+,15-,16+,20+/m1/s1. The van der Waals surface area contributed by atoms with Crippen LogP contribution in [0.1, 0.15) is 33.1 Å². The molecule has 0 amide bonds. The maximum absolute atomic E-state index is 12.5. The Morgan fingerprint density at radius 2 is 2.15 bits per heavy atom. The first-order chi connectivity index (χ1) is 12.8. The van der Waals surface area contributed by atoms with Gasteiger partial charge in [0.2, 0.25) is 0 Å². The zero-order chi connectivity index (χ0) is 19.5. The van der Waals surface area contributed by atoms with Crippen molar-refractivity contribution in [2.45, 2.75) is 57.5 Å². The number of hydrogen-bond donors (Lipinski definition) is 1. The summed E-state index contributed by atoms with van der Waals surface area (Å²) in [4.78, 5) is 37.1. The third-order valence-corrected chi connectivity index (χ3v) is 6.31. The topological polar surface area (TPSA) is 99.1 Å².